The number of amides is 1. The molecule has 1 amide bonds. The summed E-state index contributed by atoms with van der Waals surface area (Å²) in [5.74, 6) is -0.909. The molecule has 0 unspecified atom stereocenters. The van der Waals surface area contributed by atoms with E-state index in [1.165, 1.54) is 25.6 Å². The van der Waals surface area contributed by atoms with E-state index in [2.05, 4.69) is 10.4 Å². The molecule has 25 heavy (non-hydrogen) atoms. The number of nitrogens with one attached hydrogen (secondary N) is 1. The van der Waals surface area contributed by atoms with Gasteiger partial charge in [-0.05, 0) is 38.5 Å². The highest BCUT2D eigenvalue weighted by molar-refractivity contribution is 5.96. The van der Waals surface area contributed by atoms with Crippen LogP contribution in [0, 0.1) is 30.9 Å². The number of benzene rings is 1. The van der Waals surface area contributed by atoms with Crippen LogP contribution in [0.3, 0.4) is 0 Å². The van der Waals surface area contributed by atoms with Crippen molar-refractivity contribution in [1.29, 1.82) is 0 Å². The zero-order valence-electron chi connectivity index (χ0n) is 14.3. The lowest BCUT2D eigenvalue weighted by Gasteiger charge is -2.11. The van der Waals surface area contributed by atoms with Crippen LogP contribution < -0.4 is 5.32 Å². The van der Waals surface area contributed by atoms with Crippen LogP contribution >= 0.6 is 0 Å². The van der Waals surface area contributed by atoms with Gasteiger partial charge in [-0.3, -0.25) is 19.6 Å². The molecule has 0 aliphatic rings. The van der Waals surface area contributed by atoms with Crippen molar-refractivity contribution in [3.63, 3.8) is 0 Å². The lowest BCUT2D eigenvalue weighted by Crippen LogP contribution is -2.21. The number of aromatic nitrogens is 2. The number of esters is 1. The number of anilines is 1. The Morgan fingerprint density at radius 3 is 2.56 bits per heavy atom. The number of carbonyl (C=O) groups is 2. The fraction of sp³-hybridized carbons (Fsp3) is 0.312. The first-order valence-corrected chi connectivity index (χ1v) is 7.42. The summed E-state index contributed by atoms with van der Waals surface area (Å²) in [7, 11) is 1.28. The smallest absolute Gasteiger partial charge is 0.338 e. The first-order valence-electron chi connectivity index (χ1n) is 7.42. The predicted molar refractivity (Wildman–Crippen MR) is 89.5 cm³/mol. The lowest BCUT2D eigenvalue weighted by molar-refractivity contribution is -0.386. The van der Waals surface area contributed by atoms with Crippen LogP contribution in [0.15, 0.2) is 18.2 Å². The topological polar surface area (TPSA) is 116 Å². The lowest BCUT2D eigenvalue weighted by atomic mass is 10.1. The molecule has 0 saturated carbocycles. The average molecular weight is 346 g/mol. The summed E-state index contributed by atoms with van der Waals surface area (Å²) in [6, 6.07) is 4.88. The summed E-state index contributed by atoms with van der Waals surface area (Å²) in [5.41, 5.74) is 1.83. The summed E-state index contributed by atoms with van der Waals surface area (Å²) in [6.07, 6.45) is 0. The molecule has 0 fully saturated rings. The molecule has 0 aliphatic carbocycles. The summed E-state index contributed by atoms with van der Waals surface area (Å²) in [6.45, 7) is 4.57. The molecule has 0 radical (unpaired) electrons. The van der Waals surface area contributed by atoms with E-state index in [0.29, 0.717) is 22.5 Å². The van der Waals surface area contributed by atoms with Crippen molar-refractivity contribution in [3.8, 4) is 0 Å². The minimum atomic E-state index is -0.518. The Kier molecular flexibility index (Phi) is 5.16. The maximum absolute atomic E-state index is 12.3. The molecule has 1 aromatic carbocycles. The Balaban J connectivity index is 2.21. The van der Waals surface area contributed by atoms with Crippen molar-refractivity contribution in [2.24, 2.45) is 0 Å². The second kappa shape index (κ2) is 7.12. The van der Waals surface area contributed by atoms with E-state index in [0.717, 1.165) is 0 Å². The number of hydrogen-bond donors (Lipinski definition) is 1. The fourth-order valence-corrected chi connectivity index (χ4v) is 2.53. The van der Waals surface area contributed by atoms with Gasteiger partial charge < -0.3 is 10.1 Å². The van der Waals surface area contributed by atoms with Crippen molar-refractivity contribution in [2.75, 3.05) is 12.4 Å². The quantitative estimate of drug-likeness (QED) is 0.504. The first-order chi connectivity index (χ1) is 11.8. The van der Waals surface area contributed by atoms with E-state index >= 15 is 0 Å². The number of hydrogen-bond acceptors (Lipinski definition) is 6. The van der Waals surface area contributed by atoms with Gasteiger partial charge in [0.05, 0.1) is 17.6 Å². The standard InChI is InChI=1S/C16H18N4O5/c1-9-12(16(22)25-4)6-5-7-13(9)17-14(21)8-19-11(3)15(20(23)24)10(2)18-19/h5-7H,8H2,1-4H3,(H,17,21). The van der Waals surface area contributed by atoms with Crippen LogP contribution in [-0.4, -0.2) is 33.7 Å². The Hall–Kier alpha value is -3.23. The number of nitro groups is 1. The second-order valence-electron chi connectivity index (χ2n) is 5.45. The SMILES string of the molecule is COC(=O)c1cccc(NC(=O)Cn2nc(C)c([N+](=O)[O-])c2C)c1C. The molecule has 0 bridgehead atoms. The average Bonchev–Trinajstić information content (AvgIpc) is 2.82. The summed E-state index contributed by atoms with van der Waals surface area (Å²) < 4.78 is 5.98. The van der Waals surface area contributed by atoms with Gasteiger partial charge in [0.1, 0.15) is 17.9 Å². The van der Waals surface area contributed by atoms with Crippen molar-refractivity contribution in [1.82, 2.24) is 9.78 Å². The number of aryl methyl sites for hydroxylation is 1. The highest BCUT2D eigenvalue weighted by Gasteiger charge is 2.23. The van der Waals surface area contributed by atoms with E-state index in [1.807, 2.05) is 0 Å². The van der Waals surface area contributed by atoms with Gasteiger partial charge in [0, 0.05) is 5.69 Å². The Bertz CT molecular complexity index is 856. The van der Waals surface area contributed by atoms with Crippen molar-refractivity contribution in [2.45, 2.75) is 27.3 Å². The zero-order chi connectivity index (χ0) is 18.7. The van der Waals surface area contributed by atoms with Gasteiger partial charge in [0.25, 0.3) is 0 Å². The Labute approximate surface area is 143 Å². The van der Waals surface area contributed by atoms with Gasteiger partial charge in [-0.1, -0.05) is 6.07 Å². The molecule has 9 heteroatoms. The third-order valence-electron chi connectivity index (χ3n) is 3.83. The summed E-state index contributed by atoms with van der Waals surface area (Å²) in [5, 5.41) is 17.7. The molecule has 2 rings (SSSR count). The van der Waals surface area contributed by atoms with Gasteiger partial charge in [-0.2, -0.15) is 5.10 Å². The van der Waals surface area contributed by atoms with Crippen molar-refractivity contribution in [3.05, 3.63) is 50.8 Å². The van der Waals surface area contributed by atoms with E-state index in [4.69, 9.17) is 4.74 Å². The molecule has 0 spiro atoms. The maximum Gasteiger partial charge on any atom is 0.338 e. The normalized spacial score (nSPS) is 10.4. The Morgan fingerprint density at radius 1 is 1.32 bits per heavy atom. The zero-order valence-corrected chi connectivity index (χ0v) is 14.3. The minimum absolute atomic E-state index is 0.100. The number of ether oxygens (including phenoxy) is 1. The minimum Gasteiger partial charge on any atom is -0.465 e. The molecular formula is C16H18N4O5. The molecule has 0 atom stereocenters. The molecule has 132 valence electrons. The van der Waals surface area contributed by atoms with Crippen LogP contribution in [-0.2, 0) is 16.1 Å². The maximum atomic E-state index is 12.3. The van der Waals surface area contributed by atoms with Crippen molar-refractivity contribution < 1.29 is 19.2 Å². The van der Waals surface area contributed by atoms with Gasteiger partial charge in [-0.15, -0.1) is 0 Å². The van der Waals surface area contributed by atoms with Crippen LogP contribution in [0.1, 0.15) is 27.3 Å². The molecule has 9 nitrogen and oxygen atoms in total. The van der Waals surface area contributed by atoms with Gasteiger partial charge in [0.2, 0.25) is 5.91 Å². The largest absolute Gasteiger partial charge is 0.465 e. The monoisotopic (exact) mass is 346 g/mol. The number of methoxy groups -OCH3 is 1. The molecule has 0 saturated heterocycles. The van der Waals surface area contributed by atoms with Gasteiger partial charge in [-0.25, -0.2) is 4.79 Å². The van der Waals surface area contributed by atoms with E-state index in [9.17, 15) is 19.7 Å². The van der Waals surface area contributed by atoms with E-state index in [1.54, 1.807) is 25.1 Å². The van der Waals surface area contributed by atoms with Crippen LogP contribution in [0.4, 0.5) is 11.4 Å². The predicted octanol–water partition coefficient (Wildman–Crippen LogP) is 2.14. The number of carbonyl (C=O) groups excluding carboxylic acids is 2. The molecule has 1 heterocycles. The Morgan fingerprint density at radius 2 is 2.00 bits per heavy atom. The molecular weight excluding hydrogens is 328 g/mol. The highest BCUT2D eigenvalue weighted by Crippen LogP contribution is 2.22. The van der Waals surface area contributed by atoms with Gasteiger partial charge >= 0.3 is 11.7 Å². The molecule has 2 aromatic rings. The van der Waals surface area contributed by atoms with Gasteiger partial charge in [0.15, 0.2) is 0 Å². The molecule has 1 aromatic heterocycles. The second-order valence-corrected chi connectivity index (χ2v) is 5.45. The number of nitrogens with zero attached hydrogens (tertiary/aromatic N) is 3. The van der Waals surface area contributed by atoms with Crippen molar-refractivity contribution >= 4 is 23.3 Å². The highest BCUT2D eigenvalue weighted by atomic mass is 16.6. The molecule has 1 N–H and O–H groups in total. The number of rotatable bonds is 5. The molecule has 0 aliphatic heterocycles. The van der Waals surface area contributed by atoms with E-state index in [-0.39, 0.29) is 17.9 Å². The first kappa shape index (κ1) is 18.1. The van der Waals surface area contributed by atoms with Crippen LogP contribution in [0.2, 0.25) is 0 Å². The van der Waals surface area contributed by atoms with E-state index < -0.39 is 16.8 Å². The van der Waals surface area contributed by atoms with Crippen LogP contribution in [0.5, 0.6) is 0 Å². The summed E-state index contributed by atoms with van der Waals surface area (Å²) >= 11 is 0. The third-order valence-corrected chi connectivity index (χ3v) is 3.83. The summed E-state index contributed by atoms with van der Waals surface area (Å²) in [4.78, 5) is 34.5. The third kappa shape index (κ3) is 3.65. The fourth-order valence-electron chi connectivity index (χ4n) is 2.53. The van der Waals surface area contributed by atoms with Crippen LogP contribution in [0.25, 0.3) is 0 Å².